The molecule has 1 aromatic carbocycles. The van der Waals surface area contributed by atoms with E-state index in [1.807, 2.05) is 0 Å². The first-order valence-electron chi connectivity index (χ1n) is 6.93. The highest BCUT2D eigenvalue weighted by Gasteiger charge is 2.16. The van der Waals surface area contributed by atoms with Gasteiger partial charge >= 0.3 is 0 Å². The van der Waals surface area contributed by atoms with Crippen molar-refractivity contribution >= 4 is 27.3 Å². The Bertz CT molecular complexity index is 741. The molecule has 10 heteroatoms. The summed E-state index contributed by atoms with van der Waals surface area (Å²) in [6.07, 6.45) is 3.08. The number of rotatable bonds is 9. The van der Waals surface area contributed by atoms with Gasteiger partial charge in [0.15, 0.2) is 0 Å². The molecular formula is C14H18N4O5S. The first-order valence-corrected chi connectivity index (χ1v) is 8.41. The molecular weight excluding hydrogens is 336 g/mol. The van der Waals surface area contributed by atoms with Crippen LogP contribution in [0.5, 0.6) is 0 Å². The second-order valence-electron chi connectivity index (χ2n) is 4.78. The molecule has 0 aliphatic heterocycles. The van der Waals surface area contributed by atoms with Crippen molar-refractivity contribution in [2.24, 2.45) is 5.10 Å². The van der Waals surface area contributed by atoms with E-state index in [1.54, 1.807) is 13.0 Å². The number of hydrazone groups is 1. The number of nitrogens with zero attached hydrogens (tertiary/aromatic N) is 2. The number of nitrogens with one attached hydrogen (secondary N) is 2. The summed E-state index contributed by atoms with van der Waals surface area (Å²) in [6.45, 7) is 4.80. The maximum Gasteiger partial charge on any atom is 0.269 e. The van der Waals surface area contributed by atoms with Crippen LogP contribution in [0.15, 0.2) is 46.9 Å². The molecule has 0 fully saturated rings. The number of hydrogen-bond donors (Lipinski definition) is 2. The Morgan fingerprint density at radius 3 is 2.54 bits per heavy atom. The third-order valence-electron chi connectivity index (χ3n) is 2.86. The predicted molar refractivity (Wildman–Crippen MR) is 89.0 cm³/mol. The standard InChI is InChI=1S/C14H18N4O5S/c1-3-4-5-11(2)16-17-14(19)10-15-24(22,23)13-8-6-12(7-9-13)18(20)21/h3,6-9,15H,1,4-5,10H2,2H3,(H,17,19). The zero-order valence-electron chi connectivity index (χ0n) is 13.1. The third kappa shape index (κ3) is 6.26. The van der Waals surface area contributed by atoms with E-state index in [4.69, 9.17) is 0 Å². The van der Waals surface area contributed by atoms with Gasteiger partial charge in [0.1, 0.15) is 0 Å². The van der Waals surface area contributed by atoms with Crippen LogP contribution in [-0.4, -0.2) is 31.5 Å². The number of carbonyl (C=O) groups excluding carboxylic acids is 1. The molecule has 0 atom stereocenters. The topological polar surface area (TPSA) is 131 Å². The van der Waals surface area contributed by atoms with E-state index in [-0.39, 0.29) is 10.6 Å². The van der Waals surface area contributed by atoms with Crippen LogP contribution >= 0.6 is 0 Å². The summed E-state index contributed by atoms with van der Waals surface area (Å²) in [6, 6.07) is 4.33. The fourth-order valence-electron chi connectivity index (χ4n) is 1.56. The van der Waals surface area contributed by atoms with Gasteiger partial charge in [-0.15, -0.1) is 6.58 Å². The molecule has 1 amide bonds. The van der Waals surface area contributed by atoms with Crippen LogP contribution in [0.25, 0.3) is 0 Å². The van der Waals surface area contributed by atoms with E-state index < -0.39 is 27.4 Å². The molecule has 0 bridgehead atoms. The summed E-state index contributed by atoms with van der Waals surface area (Å²) in [7, 11) is -3.95. The van der Waals surface area contributed by atoms with Crippen molar-refractivity contribution in [2.75, 3.05) is 6.54 Å². The molecule has 2 N–H and O–H groups in total. The lowest BCUT2D eigenvalue weighted by molar-refractivity contribution is -0.384. The molecule has 0 aliphatic carbocycles. The maximum absolute atomic E-state index is 12.0. The molecule has 0 unspecified atom stereocenters. The van der Waals surface area contributed by atoms with Crippen molar-refractivity contribution in [1.82, 2.24) is 10.1 Å². The van der Waals surface area contributed by atoms with Crippen LogP contribution in [0.2, 0.25) is 0 Å². The number of benzene rings is 1. The maximum atomic E-state index is 12.0. The van der Waals surface area contributed by atoms with E-state index in [9.17, 15) is 23.3 Å². The molecule has 0 spiro atoms. The number of non-ortho nitro benzene ring substituents is 1. The smallest absolute Gasteiger partial charge is 0.269 e. The number of sulfonamides is 1. The van der Waals surface area contributed by atoms with Gasteiger partial charge in [0, 0.05) is 17.8 Å². The first kappa shape index (κ1) is 19.5. The van der Waals surface area contributed by atoms with Crippen molar-refractivity contribution in [1.29, 1.82) is 0 Å². The van der Waals surface area contributed by atoms with Crippen LogP contribution in [0.3, 0.4) is 0 Å². The molecule has 9 nitrogen and oxygen atoms in total. The van der Waals surface area contributed by atoms with Crippen LogP contribution in [0.4, 0.5) is 5.69 Å². The average molecular weight is 354 g/mol. The molecule has 0 aliphatic rings. The SMILES string of the molecule is C=CCCC(C)=NNC(=O)CNS(=O)(=O)c1ccc([N+](=O)[O-])cc1. The lowest BCUT2D eigenvalue weighted by Gasteiger charge is -2.06. The Morgan fingerprint density at radius 1 is 1.38 bits per heavy atom. The normalized spacial score (nSPS) is 11.8. The Labute approximate surface area is 139 Å². The van der Waals surface area contributed by atoms with Crippen molar-refractivity contribution in [3.8, 4) is 0 Å². The van der Waals surface area contributed by atoms with E-state index in [0.29, 0.717) is 12.1 Å². The summed E-state index contributed by atoms with van der Waals surface area (Å²) >= 11 is 0. The van der Waals surface area contributed by atoms with Crippen LogP contribution in [0.1, 0.15) is 19.8 Å². The summed E-state index contributed by atoms with van der Waals surface area (Å²) in [5.41, 5.74) is 2.69. The second-order valence-corrected chi connectivity index (χ2v) is 6.55. The lowest BCUT2D eigenvalue weighted by atomic mass is 10.2. The Hall–Kier alpha value is -2.59. The zero-order chi connectivity index (χ0) is 18.2. The summed E-state index contributed by atoms with van der Waals surface area (Å²) < 4.78 is 26.1. The minimum absolute atomic E-state index is 0.174. The van der Waals surface area contributed by atoms with E-state index >= 15 is 0 Å². The molecule has 0 radical (unpaired) electrons. The molecule has 0 heterocycles. The molecule has 24 heavy (non-hydrogen) atoms. The molecule has 0 saturated heterocycles. The van der Waals surface area contributed by atoms with Crippen LogP contribution in [-0.2, 0) is 14.8 Å². The fraction of sp³-hybridized carbons (Fsp3) is 0.286. The molecule has 130 valence electrons. The van der Waals surface area contributed by atoms with Gasteiger partial charge in [-0.25, -0.2) is 18.6 Å². The van der Waals surface area contributed by atoms with E-state index in [0.717, 1.165) is 30.7 Å². The van der Waals surface area contributed by atoms with Crippen molar-refractivity contribution in [3.63, 3.8) is 0 Å². The molecule has 1 aromatic rings. The van der Waals surface area contributed by atoms with Crippen molar-refractivity contribution < 1.29 is 18.1 Å². The minimum atomic E-state index is -3.95. The van der Waals surface area contributed by atoms with Gasteiger partial charge in [0.05, 0.1) is 16.4 Å². The van der Waals surface area contributed by atoms with E-state index in [2.05, 4.69) is 21.8 Å². The third-order valence-corrected chi connectivity index (χ3v) is 4.28. The fourth-order valence-corrected chi connectivity index (χ4v) is 2.54. The molecule has 0 saturated carbocycles. The highest BCUT2D eigenvalue weighted by molar-refractivity contribution is 7.89. The lowest BCUT2D eigenvalue weighted by Crippen LogP contribution is -2.35. The number of nitro groups is 1. The van der Waals surface area contributed by atoms with Crippen LogP contribution < -0.4 is 10.1 Å². The number of nitro benzene ring substituents is 1. The first-order chi connectivity index (χ1) is 11.3. The number of hydrogen-bond acceptors (Lipinski definition) is 6. The summed E-state index contributed by atoms with van der Waals surface area (Å²) in [5.74, 6) is -0.626. The van der Waals surface area contributed by atoms with E-state index in [1.165, 1.54) is 0 Å². The zero-order valence-corrected chi connectivity index (χ0v) is 13.9. The van der Waals surface area contributed by atoms with Gasteiger partial charge in [-0.05, 0) is 31.9 Å². The highest BCUT2D eigenvalue weighted by Crippen LogP contribution is 2.15. The quantitative estimate of drug-likeness (QED) is 0.299. The van der Waals surface area contributed by atoms with Gasteiger partial charge in [-0.1, -0.05) is 6.08 Å². The second kappa shape index (κ2) is 8.89. The van der Waals surface area contributed by atoms with Crippen LogP contribution in [0, 0.1) is 10.1 Å². The molecule has 1 rings (SSSR count). The van der Waals surface area contributed by atoms with Gasteiger partial charge < -0.3 is 0 Å². The number of carbonyl (C=O) groups is 1. The van der Waals surface area contributed by atoms with Crippen molar-refractivity contribution in [2.45, 2.75) is 24.7 Å². The summed E-state index contributed by atoms with van der Waals surface area (Å²) in [5, 5.41) is 14.4. The van der Waals surface area contributed by atoms with Gasteiger partial charge in [-0.3, -0.25) is 14.9 Å². The monoisotopic (exact) mass is 354 g/mol. The average Bonchev–Trinajstić information content (AvgIpc) is 2.56. The predicted octanol–water partition coefficient (Wildman–Crippen LogP) is 1.33. The van der Waals surface area contributed by atoms with Crippen molar-refractivity contribution in [3.05, 3.63) is 47.0 Å². The Balaban J connectivity index is 2.60. The number of allylic oxidation sites excluding steroid dienone is 1. The highest BCUT2D eigenvalue weighted by atomic mass is 32.2. The Kier molecular flexibility index (Phi) is 7.21. The minimum Gasteiger partial charge on any atom is -0.272 e. The van der Waals surface area contributed by atoms with Gasteiger partial charge in [0.2, 0.25) is 10.0 Å². The number of amides is 1. The Morgan fingerprint density at radius 2 is 2.00 bits per heavy atom. The summed E-state index contributed by atoms with van der Waals surface area (Å²) in [4.78, 5) is 21.3. The van der Waals surface area contributed by atoms with Gasteiger partial charge in [-0.2, -0.15) is 5.10 Å². The largest absolute Gasteiger partial charge is 0.272 e. The van der Waals surface area contributed by atoms with Gasteiger partial charge in [0.25, 0.3) is 11.6 Å². The molecule has 0 aromatic heterocycles.